The van der Waals surface area contributed by atoms with E-state index in [9.17, 15) is 9.59 Å². The number of anilines is 2. The van der Waals surface area contributed by atoms with Crippen molar-refractivity contribution in [2.75, 3.05) is 23.3 Å². The molecule has 31 heavy (non-hydrogen) atoms. The van der Waals surface area contributed by atoms with E-state index in [4.69, 9.17) is 11.6 Å². The molecule has 5 nitrogen and oxygen atoms in total. The predicted octanol–water partition coefficient (Wildman–Crippen LogP) is 5.73. The molecule has 1 heterocycles. The fraction of sp³-hybridized carbons (Fsp3) is 0.200. The van der Waals surface area contributed by atoms with E-state index < -0.39 is 0 Å². The molecule has 6 heteroatoms. The Morgan fingerprint density at radius 1 is 1.00 bits per heavy atom. The average Bonchev–Trinajstić information content (AvgIpc) is 2.77. The number of rotatable bonds is 5. The number of nitrogens with one attached hydrogen (secondary N) is 1. The van der Waals surface area contributed by atoms with Crippen molar-refractivity contribution in [2.45, 2.75) is 19.9 Å². The van der Waals surface area contributed by atoms with Gasteiger partial charge in [-0.15, -0.1) is 0 Å². The van der Waals surface area contributed by atoms with Crippen molar-refractivity contribution in [3.05, 3.63) is 94.5 Å². The zero-order chi connectivity index (χ0) is 21.8. The zero-order valence-electron chi connectivity index (χ0n) is 17.3. The molecular weight excluding hydrogens is 410 g/mol. The van der Waals surface area contributed by atoms with Crippen molar-refractivity contribution in [3.8, 4) is 0 Å². The van der Waals surface area contributed by atoms with Crippen molar-refractivity contribution in [3.63, 3.8) is 0 Å². The number of carbonyl (C=O) groups excluding carboxylic acids is 2. The lowest BCUT2D eigenvalue weighted by Gasteiger charge is -2.36. The van der Waals surface area contributed by atoms with Crippen LogP contribution in [0.25, 0.3) is 0 Å². The molecule has 0 radical (unpaired) electrons. The number of aryl methyl sites for hydroxylation is 1. The Balaban J connectivity index is 1.48. The molecule has 0 aliphatic carbocycles. The van der Waals surface area contributed by atoms with Crippen molar-refractivity contribution in [2.24, 2.45) is 0 Å². The van der Waals surface area contributed by atoms with Crippen LogP contribution in [0.15, 0.2) is 72.8 Å². The topological polar surface area (TPSA) is 52.6 Å². The van der Waals surface area contributed by atoms with E-state index in [2.05, 4.69) is 24.4 Å². The summed E-state index contributed by atoms with van der Waals surface area (Å²) in [5, 5.41) is 3.48. The molecule has 1 N–H and O–H groups in total. The van der Waals surface area contributed by atoms with Gasteiger partial charge in [-0.05, 0) is 66.9 Å². The minimum atomic E-state index is -0.222. The summed E-state index contributed by atoms with van der Waals surface area (Å²) >= 11 is 5.90. The molecule has 0 spiro atoms. The number of hydrogen-bond acceptors (Lipinski definition) is 2. The highest BCUT2D eigenvalue weighted by Crippen LogP contribution is 2.25. The monoisotopic (exact) mass is 433 g/mol. The Hall–Kier alpha value is -3.31. The first-order valence-electron chi connectivity index (χ1n) is 10.3. The summed E-state index contributed by atoms with van der Waals surface area (Å²) in [5.74, 6) is -0.222. The molecule has 1 fully saturated rings. The number of nitrogens with zero attached hydrogens (tertiary/aromatic N) is 2. The number of hydrogen-bond donors (Lipinski definition) is 1. The van der Waals surface area contributed by atoms with Crippen LogP contribution in [0.2, 0.25) is 5.02 Å². The Morgan fingerprint density at radius 2 is 1.77 bits per heavy atom. The number of benzene rings is 3. The average molecular weight is 434 g/mol. The van der Waals surface area contributed by atoms with E-state index in [1.807, 2.05) is 41.3 Å². The van der Waals surface area contributed by atoms with Gasteiger partial charge in [0.1, 0.15) is 0 Å². The summed E-state index contributed by atoms with van der Waals surface area (Å²) in [6, 6.07) is 22.2. The van der Waals surface area contributed by atoms with Crippen LogP contribution < -0.4 is 10.2 Å². The number of halogens is 1. The van der Waals surface area contributed by atoms with Crippen molar-refractivity contribution in [1.82, 2.24) is 4.90 Å². The van der Waals surface area contributed by atoms with Crippen molar-refractivity contribution in [1.29, 1.82) is 0 Å². The lowest BCUT2D eigenvalue weighted by molar-refractivity contribution is 0.102. The molecular formula is C25H24ClN3O2. The van der Waals surface area contributed by atoms with Crippen LogP contribution in [0.1, 0.15) is 27.9 Å². The van der Waals surface area contributed by atoms with Crippen LogP contribution in [0.3, 0.4) is 0 Å². The molecule has 1 saturated heterocycles. The fourth-order valence-corrected chi connectivity index (χ4v) is 3.84. The predicted molar refractivity (Wildman–Crippen MR) is 125 cm³/mol. The Kier molecular flexibility index (Phi) is 6.23. The molecule has 0 atom stereocenters. The van der Waals surface area contributed by atoms with E-state index in [1.54, 1.807) is 29.2 Å². The first-order valence-corrected chi connectivity index (χ1v) is 10.7. The van der Waals surface area contributed by atoms with Crippen LogP contribution in [0.4, 0.5) is 16.2 Å². The van der Waals surface area contributed by atoms with E-state index >= 15 is 0 Å². The zero-order valence-corrected chi connectivity index (χ0v) is 18.1. The lowest BCUT2D eigenvalue weighted by Crippen LogP contribution is -2.49. The fourth-order valence-electron chi connectivity index (χ4n) is 3.72. The summed E-state index contributed by atoms with van der Waals surface area (Å²) in [5.41, 5.74) is 4.27. The highest BCUT2D eigenvalue weighted by atomic mass is 35.5. The first kappa shape index (κ1) is 20.9. The number of carbonyl (C=O) groups is 2. The minimum Gasteiger partial charge on any atom is -0.322 e. The molecule has 3 aromatic carbocycles. The molecule has 1 aliphatic rings. The SMILES string of the molecule is Cc1ccccc1CN1CCCN(c2cccc(NC(=O)c3ccc(Cl)cc3)c2)C1=O. The third-order valence-electron chi connectivity index (χ3n) is 5.46. The smallest absolute Gasteiger partial charge is 0.322 e. The summed E-state index contributed by atoms with van der Waals surface area (Å²) in [4.78, 5) is 29.4. The number of urea groups is 1. The molecule has 0 bridgehead atoms. The van der Waals surface area contributed by atoms with E-state index in [0.717, 1.165) is 24.2 Å². The maximum Gasteiger partial charge on any atom is 0.324 e. The molecule has 3 amide bonds. The highest BCUT2D eigenvalue weighted by molar-refractivity contribution is 6.30. The van der Waals surface area contributed by atoms with Gasteiger partial charge in [-0.3, -0.25) is 9.69 Å². The summed E-state index contributed by atoms with van der Waals surface area (Å²) < 4.78 is 0. The van der Waals surface area contributed by atoms with Crippen LogP contribution in [-0.4, -0.2) is 29.9 Å². The highest BCUT2D eigenvalue weighted by Gasteiger charge is 2.27. The van der Waals surface area contributed by atoms with Gasteiger partial charge in [0.15, 0.2) is 0 Å². The van der Waals surface area contributed by atoms with Gasteiger partial charge in [-0.25, -0.2) is 4.79 Å². The summed E-state index contributed by atoms with van der Waals surface area (Å²) in [6.45, 7) is 4.04. The largest absolute Gasteiger partial charge is 0.324 e. The molecule has 0 aromatic heterocycles. The van der Waals surface area contributed by atoms with Gasteiger partial charge in [0.05, 0.1) is 0 Å². The second-order valence-corrected chi connectivity index (χ2v) is 8.08. The normalized spacial score (nSPS) is 13.9. The lowest BCUT2D eigenvalue weighted by atomic mass is 10.1. The van der Waals surface area contributed by atoms with Gasteiger partial charge < -0.3 is 10.2 Å². The molecule has 0 saturated carbocycles. The molecule has 0 unspecified atom stereocenters. The molecule has 158 valence electrons. The summed E-state index contributed by atoms with van der Waals surface area (Å²) in [7, 11) is 0. The van der Waals surface area contributed by atoms with Gasteiger partial charge in [0.2, 0.25) is 0 Å². The third kappa shape index (κ3) is 4.89. The van der Waals surface area contributed by atoms with Crippen LogP contribution in [-0.2, 0) is 6.54 Å². The standard InChI is InChI=1S/C25H24ClN3O2/c1-18-6-2-3-7-20(18)17-28-14-5-15-29(25(28)31)23-9-4-8-22(16-23)27-24(30)19-10-12-21(26)13-11-19/h2-4,6-13,16H,5,14-15,17H2,1H3,(H,27,30). The van der Waals surface area contributed by atoms with Crippen LogP contribution in [0, 0.1) is 6.92 Å². The van der Waals surface area contributed by atoms with E-state index in [1.165, 1.54) is 5.56 Å². The second kappa shape index (κ2) is 9.23. The minimum absolute atomic E-state index is 0.0179. The Bertz CT molecular complexity index is 1100. The van der Waals surface area contributed by atoms with Gasteiger partial charge in [0.25, 0.3) is 5.91 Å². The van der Waals surface area contributed by atoms with Crippen molar-refractivity contribution >= 4 is 34.9 Å². The van der Waals surface area contributed by atoms with Crippen LogP contribution >= 0.6 is 11.6 Å². The summed E-state index contributed by atoms with van der Waals surface area (Å²) in [6.07, 6.45) is 0.888. The van der Waals surface area contributed by atoms with Crippen LogP contribution in [0.5, 0.6) is 0 Å². The third-order valence-corrected chi connectivity index (χ3v) is 5.71. The quantitative estimate of drug-likeness (QED) is 0.558. The molecule has 1 aliphatic heterocycles. The molecule has 3 aromatic rings. The Morgan fingerprint density at radius 3 is 2.55 bits per heavy atom. The van der Waals surface area contributed by atoms with Gasteiger partial charge >= 0.3 is 6.03 Å². The maximum absolute atomic E-state index is 13.2. The molecule has 4 rings (SSSR count). The van der Waals surface area contributed by atoms with Gasteiger partial charge in [0, 0.05) is 41.6 Å². The van der Waals surface area contributed by atoms with Crippen molar-refractivity contribution < 1.29 is 9.59 Å². The van der Waals surface area contributed by atoms with E-state index in [0.29, 0.717) is 29.4 Å². The maximum atomic E-state index is 13.2. The second-order valence-electron chi connectivity index (χ2n) is 7.65. The number of amides is 3. The van der Waals surface area contributed by atoms with Gasteiger partial charge in [-0.2, -0.15) is 0 Å². The first-order chi connectivity index (χ1) is 15.0. The Labute approximate surface area is 187 Å². The van der Waals surface area contributed by atoms with E-state index in [-0.39, 0.29) is 11.9 Å². The van der Waals surface area contributed by atoms with Gasteiger partial charge in [-0.1, -0.05) is 41.9 Å².